The normalized spacial score (nSPS) is 16.5. The first kappa shape index (κ1) is 31.1. The molecule has 0 radical (unpaired) electrons. The molecule has 9 rings (SSSR count). The Morgan fingerprint density at radius 2 is 0.980 bits per heavy atom. The van der Waals surface area contributed by atoms with Crippen molar-refractivity contribution in [3.63, 3.8) is 0 Å². The fourth-order valence-electron chi connectivity index (χ4n) is 7.31. The molecule has 5 heteroatoms. The Bertz CT molecular complexity index is 2350. The Labute approximate surface area is 301 Å². The van der Waals surface area contributed by atoms with Gasteiger partial charge in [-0.1, -0.05) is 158 Å². The van der Waals surface area contributed by atoms with E-state index in [-0.39, 0.29) is 28.5 Å². The highest BCUT2D eigenvalue weighted by molar-refractivity contribution is 7.97. The first-order valence-electron chi connectivity index (χ1n) is 17.4. The van der Waals surface area contributed by atoms with E-state index in [9.17, 15) is 0 Å². The van der Waals surface area contributed by atoms with E-state index in [0.29, 0.717) is 0 Å². The second-order valence-corrected chi connectivity index (χ2v) is 14.9. The van der Waals surface area contributed by atoms with Gasteiger partial charge in [-0.2, -0.15) is 0 Å². The number of aliphatic imine (C=N–C) groups is 1. The molecule has 1 aliphatic heterocycles. The van der Waals surface area contributed by atoms with Gasteiger partial charge in [0, 0.05) is 28.0 Å². The molecule has 2 heterocycles. The Morgan fingerprint density at radius 1 is 0.490 bits per heavy atom. The van der Waals surface area contributed by atoms with E-state index < -0.39 is 0 Å². The zero-order chi connectivity index (χ0) is 34.0. The van der Waals surface area contributed by atoms with Gasteiger partial charge in [-0.25, -0.2) is 4.99 Å². The first-order valence-corrected chi connectivity index (χ1v) is 18.7. The van der Waals surface area contributed by atoms with Gasteiger partial charge in [-0.3, -0.25) is 9.88 Å². The number of hydrogen-bond donors (Lipinski definition) is 2. The van der Waals surface area contributed by atoms with Gasteiger partial charge in [-0.15, -0.1) is 0 Å². The van der Waals surface area contributed by atoms with Crippen molar-refractivity contribution >= 4 is 38.7 Å². The fraction of sp³-hybridized carbons (Fsp3) is 0.0652. The molecule has 0 saturated carbocycles. The van der Waals surface area contributed by atoms with Crippen LogP contribution in [-0.4, -0.2) is 10.5 Å². The summed E-state index contributed by atoms with van der Waals surface area (Å²) in [4.78, 5) is 8.05. The predicted octanol–water partition coefficient (Wildman–Crippen LogP) is 10.4. The van der Waals surface area contributed by atoms with Crippen LogP contribution in [-0.2, 0) is 10.9 Å². The van der Waals surface area contributed by atoms with Gasteiger partial charge in [0.2, 0.25) is 5.96 Å². The summed E-state index contributed by atoms with van der Waals surface area (Å²) in [5.41, 5.74) is 7.15. The van der Waals surface area contributed by atoms with Gasteiger partial charge >= 0.3 is 0 Å². The molecule has 3 atom stereocenters. The lowest BCUT2D eigenvalue weighted by Gasteiger charge is -2.32. The van der Waals surface area contributed by atoms with Crippen LogP contribution < -0.4 is 10.6 Å². The summed E-state index contributed by atoms with van der Waals surface area (Å²) in [6.45, 7) is 0. The van der Waals surface area contributed by atoms with Crippen molar-refractivity contribution in [1.29, 1.82) is 0 Å². The highest BCUT2D eigenvalue weighted by Crippen LogP contribution is 2.42. The standard InChI is InChI=1S/C46H37N4S/c1-5-18-33(19-6-1)43(34-20-7-2-8-21-34)51(37-25-11-4-12-26-37)38-27-17-24-36(32-38)45-47-44(35-22-9-3-10-23-35)48-46(49-45)50-41-30-15-13-28-39(41)40-29-14-16-31-42(40)50/h1-32,43-45,47H,(H,48,49)/q+1. The van der Waals surface area contributed by atoms with Gasteiger partial charge in [0.25, 0.3) is 0 Å². The maximum absolute atomic E-state index is 5.47. The molecule has 0 aliphatic carbocycles. The van der Waals surface area contributed by atoms with Crippen LogP contribution >= 0.6 is 0 Å². The number of fused-ring (bicyclic) bond motifs is 3. The molecule has 3 unspecified atom stereocenters. The van der Waals surface area contributed by atoms with Crippen LogP contribution in [0.5, 0.6) is 0 Å². The van der Waals surface area contributed by atoms with Crippen molar-refractivity contribution in [2.24, 2.45) is 4.99 Å². The minimum Gasteiger partial charge on any atom is -0.336 e. The average molecular weight is 678 g/mol. The Hall–Kier alpha value is -5.88. The molecule has 4 nitrogen and oxygen atoms in total. The maximum atomic E-state index is 5.47. The first-order chi connectivity index (χ1) is 25.3. The third kappa shape index (κ3) is 6.01. The van der Waals surface area contributed by atoms with Gasteiger partial charge in [-0.05, 0) is 41.5 Å². The van der Waals surface area contributed by atoms with Crippen LogP contribution in [0, 0.1) is 0 Å². The SMILES string of the molecule is c1ccc(C2NC(n3c4ccccc4c4ccccc43)=NC(c3cccc([S+](c4ccccc4)C(c4ccccc4)c4ccccc4)c3)N2)cc1. The molecule has 246 valence electrons. The second-order valence-electron chi connectivity index (χ2n) is 12.8. The summed E-state index contributed by atoms with van der Waals surface area (Å²) in [6.07, 6.45) is -0.444. The number of aromatic nitrogens is 1. The Kier molecular flexibility index (Phi) is 8.42. The predicted molar refractivity (Wildman–Crippen MR) is 212 cm³/mol. The molecule has 1 aliphatic rings. The third-order valence-electron chi connectivity index (χ3n) is 9.64. The van der Waals surface area contributed by atoms with Crippen molar-refractivity contribution in [2.75, 3.05) is 0 Å². The number of nitrogens with one attached hydrogen (secondary N) is 2. The molecule has 0 saturated heterocycles. The van der Waals surface area contributed by atoms with Crippen molar-refractivity contribution in [2.45, 2.75) is 27.4 Å². The van der Waals surface area contributed by atoms with E-state index in [2.05, 4.69) is 209 Å². The highest BCUT2D eigenvalue weighted by Gasteiger charge is 2.39. The van der Waals surface area contributed by atoms with E-state index in [1.165, 1.54) is 31.7 Å². The summed E-state index contributed by atoms with van der Waals surface area (Å²) in [7, 11) is -0.323. The van der Waals surface area contributed by atoms with Crippen LogP contribution in [0.2, 0.25) is 0 Å². The van der Waals surface area contributed by atoms with Crippen LogP contribution in [0.25, 0.3) is 21.8 Å². The number of para-hydroxylation sites is 2. The Balaban J connectivity index is 1.21. The third-order valence-corrected chi connectivity index (χ3v) is 12.2. The molecule has 1 aromatic heterocycles. The van der Waals surface area contributed by atoms with Crippen molar-refractivity contribution in [1.82, 2.24) is 15.2 Å². The molecular weight excluding hydrogens is 641 g/mol. The number of nitrogens with zero attached hydrogens (tertiary/aromatic N) is 2. The van der Waals surface area contributed by atoms with Crippen LogP contribution in [0.3, 0.4) is 0 Å². The summed E-state index contributed by atoms with van der Waals surface area (Å²) in [6, 6.07) is 69.8. The zero-order valence-corrected chi connectivity index (χ0v) is 28.8. The molecule has 0 spiro atoms. The van der Waals surface area contributed by atoms with E-state index >= 15 is 0 Å². The lowest BCUT2D eigenvalue weighted by atomic mass is 10.0. The number of benzene rings is 7. The van der Waals surface area contributed by atoms with Crippen LogP contribution in [0.4, 0.5) is 0 Å². The van der Waals surface area contributed by atoms with E-state index in [1.807, 2.05) is 0 Å². The lowest BCUT2D eigenvalue weighted by Crippen LogP contribution is -2.47. The Morgan fingerprint density at radius 3 is 1.59 bits per heavy atom. The molecule has 2 N–H and O–H groups in total. The topological polar surface area (TPSA) is 41.4 Å². The monoisotopic (exact) mass is 677 g/mol. The summed E-state index contributed by atoms with van der Waals surface area (Å²) < 4.78 is 2.29. The van der Waals surface area contributed by atoms with Crippen molar-refractivity contribution in [3.8, 4) is 0 Å². The highest BCUT2D eigenvalue weighted by atomic mass is 32.2. The van der Waals surface area contributed by atoms with Gasteiger partial charge in [0.15, 0.2) is 15.0 Å². The van der Waals surface area contributed by atoms with Gasteiger partial charge < -0.3 is 5.32 Å². The molecule has 0 amide bonds. The largest absolute Gasteiger partial charge is 0.336 e. The molecule has 8 aromatic rings. The van der Waals surface area contributed by atoms with Crippen LogP contribution in [0.15, 0.2) is 209 Å². The van der Waals surface area contributed by atoms with Crippen molar-refractivity contribution in [3.05, 3.63) is 216 Å². The van der Waals surface area contributed by atoms with Gasteiger partial charge in [0.1, 0.15) is 12.3 Å². The van der Waals surface area contributed by atoms with Crippen molar-refractivity contribution < 1.29 is 0 Å². The molecular formula is C46H37N4S+. The van der Waals surface area contributed by atoms with E-state index in [0.717, 1.165) is 28.1 Å². The maximum Gasteiger partial charge on any atom is 0.206 e. The average Bonchev–Trinajstić information content (AvgIpc) is 3.55. The zero-order valence-electron chi connectivity index (χ0n) is 28.0. The fourth-order valence-corrected chi connectivity index (χ4v) is 9.93. The minimum absolute atomic E-state index is 0.139. The molecule has 7 aromatic carbocycles. The van der Waals surface area contributed by atoms with E-state index in [1.54, 1.807) is 0 Å². The van der Waals surface area contributed by atoms with Gasteiger partial charge in [0.05, 0.1) is 21.9 Å². The summed E-state index contributed by atoms with van der Waals surface area (Å²) in [5, 5.41) is 10.2. The summed E-state index contributed by atoms with van der Waals surface area (Å²) >= 11 is 0. The van der Waals surface area contributed by atoms with Crippen LogP contribution in [0.1, 0.15) is 39.8 Å². The minimum atomic E-state index is -0.323. The smallest absolute Gasteiger partial charge is 0.206 e. The second kappa shape index (κ2) is 13.8. The quantitative estimate of drug-likeness (QED) is 0.165. The molecule has 51 heavy (non-hydrogen) atoms. The molecule has 0 bridgehead atoms. The summed E-state index contributed by atoms with van der Waals surface area (Å²) in [5.74, 6) is 0.823. The number of rotatable bonds is 7. The van der Waals surface area contributed by atoms with E-state index in [4.69, 9.17) is 4.99 Å². The molecule has 0 fully saturated rings. The number of hydrogen-bond acceptors (Lipinski definition) is 3. The lowest BCUT2D eigenvalue weighted by molar-refractivity contribution is 0.403.